The third-order valence-electron chi connectivity index (χ3n) is 4.14. The van der Waals surface area contributed by atoms with E-state index >= 15 is 0 Å². The van der Waals surface area contributed by atoms with Gasteiger partial charge in [0, 0.05) is 11.6 Å². The van der Waals surface area contributed by atoms with Crippen LogP contribution in [0, 0.1) is 0 Å². The van der Waals surface area contributed by atoms with Crippen LogP contribution in [0.4, 0.5) is 0 Å². The van der Waals surface area contributed by atoms with Gasteiger partial charge in [0.2, 0.25) is 17.6 Å². The van der Waals surface area contributed by atoms with Crippen molar-refractivity contribution in [2.45, 2.75) is 19.6 Å². The predicted molar refractivity (Wildman–Crippen MR) is 105 cm³/mol. The van der Waals surface area contributed by atoms with Crippen molar-refractivity contribution in [3.05, 3.63) is 60.0 Å². The molecule has 1 atom stereocenters. The zero-order chi connectivity index (χ0) is 20.6. The van der Waals surface area contributed by atoms with Gasteiger partial charge in [-0.2, -0.15) is 4.98 Å². The lowest BCUT2D eigenvalue weighted by Gasteiger charge is -2.10. The molecule has 0 saturated heterocycles. The minimum Gasteiger partial charge on any atom is -0.497 e. The van der Waals surface area contributed by atoms with E-state index in [-0.39, 0.29) is 18.4 Å². The summed E-state index contributed by atoms with van der Waals surface area (Å²) in [5.74, 6) is 1.62. The van der Waals surface area contributed by atoms with Gasteiger partial charge in [0.1, 0.15) is 24.1 Å². The number of ether oxygens (including phenoxy) is 3. The molecular weight excluding hydrogens is 374 g/mol. The molecule has 0 aliphatic carbocycles. The van der Waals surface area contributed by atoms with E-state index in [4.69, 9.17) is 18.7 Å². The number of benzene rings is 2. The second kappa shape index (κ2) is 9.70. The van der Waals surface area contributed by atoms with Gasteiger partial charge in [-0.05, 0) is 24.6 Å². The van der Waals surface area contributed by atoms with E-state index in [0.717, 1.165) is 5.56 Å². The van der Waals surface area contributed by atoms with Gasteiger partial charge >= 0.3 is 0 Å². The monoisotopic (exact) mass is 397 g/mol. The molecule has 0 saturated carbocycles. The van der Waals surface area contributed by atoms with Crippen LogP contribution < -0.4 is 14.8 Å². The summed E-state index contributed by atoms with van der Waals surface area (Å²) >= 11 is 0. The fraction of sp³-hybridized carbons (Fsp3) is 0.286. The van der Waals surface area contributed by atoms with Crippen LogP contribution >= 0.6 is 0 Å². The third-order valence-corrected chi connectivity index (χ3v) is 4.14. The minimum absolute atomic E-state index is 0.0622. The molecule has 2 aromatic carbocycles. The standard InChI is InChI=1S/C21H23N3O5/c1-14(22-19(25)13-28-12-15-7-5-4-6-8-15)21-23-20(24-29-21)16-9-17(26-2)11-18(10-16)27-3/h4-11,14H,12-13H2,1-3H3,(H,22,25)/t14-/m0/s1. The van der Waals surface area contributed by atoms with E-state index in [1.54, 1.807) is 39.3 Å². The average molecular weight is 397 g/mol. The molecule has 3 rings (SSSR count). The molecule has 0 unspecified atom stereocenters. The highest BCUT2D eigenvalue weighted by Crippen LogP contribution is 2.28. The van der Waals surface area contributed by atoms with Gasteiger partial charge in [0.25, 0.3) is 0 Å². The summed E-state index contributed by atoms with van der Waals surface area (Å²) in [6.07, 6.45) is 0. The highest BCUT2D eigenvalue weighted by Gasteiger charge is 2.18. The largest absolute Gasteiger partial charge is 0.497 e. The number of aromatic nitrogens is 2. The van der Waals surface area contributed by atoms with Gasteiger partial charge in [0.15, 0.2) is 0 Å². The Kier molecular flexibility index (Phi) is 6.80. The maximum absolute atomic E-state index is 12.1. The molecule has 8 heteroatoms. The van der Waals surface area contributed by atoms with Crippen LogP contribution in [0.3, 0.4) is 0 Å². The second-order valence-electron chi connectivity index (χ2n) is 6.33. The van der Waals surface area contributed by atoms with Crippen LogP contribution in [-0.4, -0.2) is 36.9 Å². The Morgan fingerprint density at radius 2 is 1.79 bits per heavy atom. The number of hydrogen-bond donors (Lipinski definition) is 1. The van der Waals surface area contributed by atoms with Crippen LogP contribution in [0.15, 0.2) is 53.1 Å². The van der Waals surface area contributed by atoms with Gasteiger partial charge < -0.3 is 24.1 Å². The van der Waals surface area contributed by atoms with E-state index in [2.05, 4.69) is 15.5 Å². The van der Waals surface area contributed by atoms with Crippen molar-refractivity contribution in [3.63, 3.8) is 0 Å². The molecule has 3 aromatic rings. The van der Waals surface area contributed by atoms with Gasteiger partial charge in [-0.3, -0.25) is 4.79 Å². The SMILES string of the molecule is COc1cc(OC)cc(-c2noc([C@H](C)NC(=O)COCc3ccccc3)n2)c1. The summed E-state index contributed by atoms with van der Waals surface area (Å²) in [4.78, 5) is 16.5. The number of carbonyl (C=O) groups is 1. The molecule has 8 nitrogen and oxygen atoms in total. The summed E-state index contributed by atoms with van der Waals surface area (Å²) in [5.41, 5.74) is 1.68. The van der Waals surface area contributed by atoms with Gasteiger partial charge in [0.05, 0.1) is 20.8 Å². The Bertz CT molecular complexity index is 920. The van der Waals surface area contributed by atoms with E-state index in [1.807, 2.05) is 30.3 Å². The van der Waals surface area contributed by atoms with Crippen LogP contribution in [0.25, 0.3) is 11.4 Å². The lowest BCUT2D eigenvalue weighted by molar-refractivity contribution is -0.126. The zero-order valence-corrected chi connectivity index (χ0v) is 16.5. The Morgan fingerprint density at radius 3 is 2.45 bits per heavy atom. The number of carbonyl (C=O) groups excluding carboxylic acids is 1. The van der Waals surface area contributed by atoms with Crippen molar-refractivity contribution < 1.29 is 23.5 Å². The van der Waals surface area contributed by atoms with Crippen molar-refractivity contribution >= 4 is 5.91 Å². The molecule has 0 aliphatic rings. The Morgan fingerprint density at radius 1 is 1.10 bits per heavy atom. The molecule has 29 heavy (non-hydrogen) atoms. The number of hydrogen-bond acceptors (Lipinski definition) is 7. The summed E-state index contributed by atoms with van der Waals surface area (Å²) in [6.45, 7) is 2.07. The third kappa shape index (κ3) is 5.55. The summed E-state index contributed by atoms with van der Waals surface area (Å²) in [7, 11) is 3.13. The molecular formula is C21H23N3O5. The number of methoxy groups -OCH3 is 2. The van der Waals surface area contributed by atoms with E-state index in [9.17, 15) is 4.79 Å². The second-order valence-corrected chi connectivity index (χ2v) is 6.33. The average Bonchev–Trinajstić information content (AvgIpc) is 3.24. The number of amides is 1. The van der Waals surface area contributed by atoms with E-state index in [1.165, 1.54) is 0 Å². The first-order valence-electron chi connectivity index (χ1n) is 9.07. The van der Waals surface area contributed by atoms with Crippen LogP contribution in [0.2, 0.25) is 0 Å². The topological polar surface area (TPSA) is 95.7 Å². The molecule has 0 aliphatic heterocycles. The molecule has 1 N–H and O–H groups in total. The minimum atomic E-state index is -0.462. The number of nitrogens with zero attached hydrogens (tertiary/aromatic N) is 2. The predicted octanol–water partition coefficient (Wildman–Crippen LogP) is 3.15. The first-order valence-corrected chi connectivity index (χ1v) is 9.07. The summed E-state index contributed by atoms with van der Waals surface area (Å²) in [6, 6.07) is 14.5. The molecule has 0 spiro atoms. The van der Waals surface area contributed by atoms with Crippen molar-refractivity contribution in [1.82, 2.24) is 15.5 Å². The van der Waals surface area contributed by atoms with Crippen molar-refractivity contribution in [1.29, 1.82) is 0 Å². The van der Waals surface area contributed by atoms with Crippen LogP contribution in [-0.2, 0) is 16.1 Å². The van der Waals surface area contributed by atoms with Crippen LogP contribution in [0.1, 0.15) is 24.4 Å². The first-order chi connectivity index (χ1) is 14.1. The molecule has 0 radical (unpaired) electrons. The lowest BCUT2D eigenvalue weighted by atomic mass is 10.2. The maximum Gasteiger partial charge on any atom is 0.249 e. The maximum atomic E-state index is 12.1. The zero-order valence-electron chi connectivity index (χ0n) is 16.5. The van der Waals surface area contributed by atoms with Gasteiger partial charge in [-0.25, -0.2) is 0 Å². The van der Waals surface area contributed by atoms with Crippen molar-refractivity contribution in [2.24, 2.45) is 0 Å². The fourth-order valence-corrected chi connectivity index (χ4v) is 2.65. The number of nitrogens with one attached hydrogen (secondary N) is 1. The van der Waals surface area contributed by atoms with E-state index < -0.39 is 6.04 Å². The Hall–Kier alpha value is -3.39. The molecule has 152 valence electrons. The lowest BCUT2D eigenvalue weighted by Crippen LogP contribution is -2.30. The van der Waals surface area contributed by atoms with Gasteiger partial charge in [-0.15, -0.1) is 0 Å². The van der Waals surface area contributed by atoms with Crippen molar-refractivity contribution in [3.8, 4) is 22.9 Å². The smallest absolute Gasteiger partial charge is 0.249 e. The Labute approximate surface area is 168 Å². The quantitative estimate of drug-likeness (QED) is 0.592. The summed E-state index contributed by atoms with van der Waals surface area (Å²) < 4.78 is 21.3. The van der Waals surface area contributed by atoms with Gasteiger partial charge in [-0.1, -0.05) is 35.5 Å². The molecule has 0 fully saturated rings. The van der Waals surface area contributed by atoms with E-state index in [0.29, 0.717) is 29.5 Å². The Balaban J connectivity index is 1.57. The number of rotatable bonds is 9. The molecule has 1 heterocycles. The fourth-order valence-electron chi connectivity index (χ4n) is 2.65. The highest BCUT2D eigenvalue weighted by molar-refractivity contribution is 5.77. The first kappa shape index (κ1) is 20.3. The highest BCUT2D eigenvalue weighted by atomic mass is 16.5. The molecule has 0 bridgehead atoms. The normalized spacial score (nSPS) is 11.7. The molecule has 1 aromatic heterocycles. The van der Waals surface area contributed by atoms with Crippen molar-refractivity contribution in [2.75, 3.05) is 20.8 Å². The summed E-state index contributed by atoms with van der Waals surface area (Å²) in [5, 5.41) is 6.77. The van der Waals surface area contributed by atoms with Crippen LogP contribution in [0.5, 0.6) is 11.5 Å². The molecule has 1 amide bonds.